The number of benzene rings is 2. The first-order chi connectivity index (χ1) is 10.2. The topological polar surface area (TPSA) is 12.0 Å². The molecular weight excluding hydrogens is 261 g/mol. The van der Waals surface area contributed by atoms with Crippen LogP contribution < -0.4 is 5.32 Å². The summed E-state index contributed by atoms with van der Waals surface area (Å²) in [6, 6.07) is 14.2. The zero-order valence-corrected chi connectivity index (χ0v) is 12.0. The lowest BCUT2D eigenvalue weighted by molar-refractivity contribution is 0.421. The van der Waals surface area contributed by atoms with E-state index in [0.717, 1.165) is 12.0 Å². The number of halogens is 1. The minimum Gasteiger partial charge on any atom is -0.375 e. The lowest BCUT2D eigenvalue weighted by Crippen LogP contribution is -2.29. The molecule has 0 unspecified atom stereocenters. The molecule has 1 N–H and O–H groups in total. The molecule has 0 fully saturated rings. The average Bonchev–Trinajstić information content (AvgIpc) is 2.98. The quantitative estimate of drug-likeness (QED) is 0.727. The summed E-state index contributed by atoms with van der Waals surface area (Å²) in [5, 5.41) is 3.46. The molecule has 2 heteroatoms. The van der Waals surface area contributed by atoms with E-state index in [9.17, 15) is 4.39 Å². The van der Waals surface area contributed by atoms with E-state index < -0.39 is 0 Å². The molecule has 1 heterocycles. The second kappa shape index (κ2) is 4.73. The molecule has 0 spiro atoms. The Kier molecular flexibility index (Phi) is 2.85. The van der Waals surface area contributed by atoms with Gasteiger partial charge in [0.25, 0.3) is 0 Å². The fourth-order valence-corrected chi connectivity index (χ4v) is 3.69. The number of aryl methyl sites for hydroxylation is 1. The lowest BCUT2D eigenvalue weighted by atomic mass is 9.77. The van der Waals surface area contributed by atoms with Crippen molar-refractivity contribution in [3.8, 4) is 0 Å². The van der Waals surface area contributed by atoms with E-state index in [1.165, 1.54) is 17.2 Å². The Hall–Kier alpha value is -2.09. The first-order valence-corrected chi connectivity index (χ1v) is 7.52. The van der Waals surface area contributed by atoms with Crippen molar-refractivity contribution in [1.82, 2.24) is 0 Å². The number of allylic oxidation sites excluding steroid dienone is 2. The number of para-hydroxylation sites is 1. The Morgan fingerprint density at radius 1 is 1.10 bits per heavy atom. The molecule has 1 aliphatic heterocycles. The SMILES string of the molecule is Cc1ccc([C@H]2Nc3c(F)cccc3[C@H]3C=CC[C@H]32)cc1. The van der Waals surface area contributed by atoms with Crippen molar-refractivity contribution in [2.45, 2.75) is 25.3 Å². The van der Waals surface area contributed by atoms with Crippen LogP contribution in [-0.2, 0) is 0 Å². The fourth-order valence-electron chi connectivity index (χ4n) is 3.69. The van der Waals surface area contributed by atoms with Gasteiger partial charge < -0.3 is 5.32 Å². The van der Waals surface area contributed by atoms with Crippen molar-refractivity contribution < 1.29 is 4.39 Å². The van der Waals surface area contributed by atoms with Gasteiger partial charge in [0.05, 0.1) is 11.7 Å². The summed E-state index contributed by atoms with van der Waals surface area (Å²) < 4.78 is 14.2. The Morgan fingerprint density at radius 2 is 1.90 bits per heavy atom. The molecule has 2 aliphatic rings. The van der Waals surface area contributed by atoms with Gasteiger partial charge in [-0.05, 0) is 36.5 Å². The van der Waals surface area contributed by atoms with E-state index in [4.69, 9.17) is 0 Å². The fraction of sp³-hybridized carbons (Fsp3) is 0.263. The highest BCUT2D eigenvalue weighted by atomic mass is 19.1. The van der Waals surface area contributed by atoms with Gasteiger partial charge in [-0.2, -0.15) is 0 Å². The van der Waals surface area contributed by atoms with E-state index >= 15 is 0 Å². The summed E-state index contributed by atoms with van der Waals surface area (Å²) in [6.07, 6.45) is 5.52. The molecule has 0 amide bonds. The molecule has 1 nitrogen and oxygen atoms in total. The van der Waals surface area contributed by atoms with Crippen LogP contribution >= 0.6 is 0 Å². The van der Waals surface area contributed by atoms with Crippen molar-refractivity contribution in [2.24, 2.45) is 5.92 Å². The molecule has 0 radical (unpaired) electrons. The predicted octanol–water partition coefficient (Wildman–Crippen LogP) is 4.96. The number of hydrogen-bond acceptors (Lipinski definition) is 1. The maximum absolute atomic E-state index is 14.2. The minimum atomic E-state index is -0.150. The number of nitrogens with one attached hydrogen (secondary N) is 1. The zero-order valence-electron chi connectivity index (χ0n) is 12.0. The Bertz CT molecular complexity index is 702. The normalized spacial score (nSPS) is 26.1. The standard InChI is InChI=1S/C19H18FN/c1-12-8-10-13(11-9-12)18-15-5-2-4-14(15)16-6-3-7-17(20)19(16)21-18/h2-4,6-11,14-15,18,21H,5H2,1H3/t14-,15+,18+/m0/s1. The van der Waals surface area contributed by atoms with Gasteiger partial charge in [0, 0.05) is 5.92 Å². The van der Waals surface area contributed by atoms with E-state index in [1.54, 1.807) is 0 Å². The number of rotatable bonds is 1. The number of fused-ring (bicyclic) bond motifs is 3. The third-order valence-electron chi connectivity index (χ3n) is 4.78. The molecule has 2 aromatic carbocycles. The molecule has 0 saturated heterocycles. The summed E-state index contributed by atoms with van der Waals surface area (Å²) in [6.45, 7) is 2.09. The van der Waals surface area contributed by atoms with Crippen LogP contribution in [0.1, 0.15) is 35.1 Å². The van der Waals surface area contributed by atoms with Crippen LogP contribution in [-0.4, -0.2) is 0 Å². The van der Waals surface area contributed by atoms with Gasteiger partial charge in [-0.1, -0.05) is 54.1 Å². The second-order valence-corrected chi connectivity index (χ2v) is 6.09. The van der Waals surface area contributed by atoms with Crippen molar-refractivity contribution in [1.29, 1.82) is 0 Å². The Labute approximate surface area is 124 Å². The second-order valence-electron chi connectivity index (χ2n) is 6.09. The Morgan fingerprint density at radius 3 is 2.71 bits per heavy atom. The van der Waals surface area contributed by atoms with E-state index in [1.807, 2.05) is 12.1 Å². The molecule has 0 saturated carbocycles. The first-order valence-electron chi connectivity index (χ1n) is 7.52. The molecule has 0 bridgehead atoms. The van der Waals surface area contributed by atoms with Crippen LogP contribution in [0.3, 0.4) is 0 Å². The number of hydrogen-bond donors (Lipinski definition) is 1. The molecule has 4 rings (SSSR count). The lowest BCUT2D eigenvalue weighted by Gasteiger charge is -2.37. The smallest absolute Gasteiger partial charge is 0.146 e. The van der Waals surface area contributed by atoms with Gasteiger partial charge >= 0.3 is 0 Å². The third kappa shape index (κ3) is 1.98. The van der Waals surface area contributed by atoms with E-state index in [0.29, 0.717) is 17.5 Å². The van der Waals surface area contributed by atoms with Gasteiger partial charge in [0.1, 0.15) is 5.82 Å². The van der Waals surface area contributed by atoms with E-state index in [2.05, 4.69) is 48.7 Å². The molecule has 0 aromatic heterocycles. The molecular formula is C19H18FN. The van der Waals surface area contributed by atoms with Gasteiger partial charge in [-0.25, -0.2) is 4.39 Å². The van der Waals surface area contributed by atoms with Crippen molar-refractivity contribution >= 4 is 5.69 Å². The molecule has 106 valence electrons. The summed E-state index contributed by atoms with van der Waals surface area (Å²) >= 11 is 0. The predicted molar refractivity (Wildman–Crippen MR) is 83.9 cm³/mol. The maximum atomic E-state index is 14.2. The minimum absolute atomic E-state index is 0.150. The summed E-state index contributed by atoms with van der Waals surface area (Å²) in [4.78, 5) is 0. The van der Waals surface area contributed by atoms with Crippen molar-refractivity contribution in [3.63, 3.8) is 0 Å². The molecule has 21 heavy (non-hydrogen) atoms. The van der Waals surface area contributed by atoms with Crippen LogP contribution in [0.4, 0.5) is 10.1 Å². The van der Waals surface area contributed by atoms with Crippen molar-refractivity contribution in [2.75, 3.05) is 5.32 Å². The molecule has 2 aromatic rings. The maximum Gasteiger partial charge on any atom is 0.146 e. The molecule has 3 atom stereocenters. The number of anilines is 1. The van der Waals surface area contributed by atoms with Crippen LogP contribution in [0.2, 0.25) is 0 Å². The van der Waals surface area contributed by atoms with Gasteiger partial charge in [0.15, 0.2) is 0 Å². The van der Waals surface area contributed by atoms with Gasteiger partial charge in [0.2, 0.25) is 0 Å². The van der Waals surface area contributed by atoms with Crippen LogP contribution in [0.25, 0.3) is 0 Å². The van der Waals surface area contributed by atoms with Crippen LogP contribution in [0.5, 0.6) is 0 Å². The van der Waals surface area contributed by atoms with Gasteiger partial charge in [-0.15, -0.1) is 0 Å². The Balaban J connectivity index is 1.81. The van der Waals surface area contributed by atoms with E-state index in [-0.39, 0.29) is 11.9 Å². The highest BCUT2D eigenvalue weighted by Gasteiger charge is 2.38. The van der Waals surface area contributed by atoms with Crippen LogP contribution in [0.15, 0.2) is 54.6 Å². The third-order valence-corrected chi connectivity index (χ3v) is 4.78. The first kappa shape index (κ1) is 12.6. The molecule has 1 aliphatic carbocycles. The summed E-state index contributed by atoms with van der Waals surface area (Å²) in [7, 11) is 0. The van der Waals surface area contributed by atoms with Crippen LogP contribution in [0, 0.1) is 18.7 Å². The highest BCUT2D eigenvalue weighted by Crippen LogP contribution is 2.50. The van der Waals surface area contributed by atoms with Gasteiger partial charge in [-0.3, -0.25) is 0 Å². The summed E-state index contributed by atoms with van der Waals surface area (Å²) in [5.74, 6) is 0.647. The zero-order chi connectivity index (χ0) is 14.4. The average molecular weight is 279 g/mol. The van der Waals surface area contributed by atoms with Crippen molar-refractivity contribution in [3.05, 3.63) is 77.1 Å². The highest BCUT2D eigenvalue weighted by molar-refractivity contribution is 5.60. The summed E-state index contributed by atoms with van der Waals surface area (Å²) in [5.41, 5.74) is 4.27. The monoisotopic (exact) mass is 279 g/mol. The largest absolute Gasteiger partial charge is 0.375 e.